The molecule has 0 fully saturated rings. The van der Waals surface area contributed by atoms with E-state index in [1.165, 1.54) is 10.1 Å². The average Bonchev–Trinajstić information content (AvgIpc) is 3.00. The Balaban J connectivity index is 2.17. The van der Waals surface area contributed by atoms with Crippen LogP contribution in [-0.4, -0.2) is 0 Å². The van der Waals surface area contributed by atoms with E-state index in [1.807, 2.05) is 12.1 Å². The summed E-state index contributed by atoms with van der Waals surface area (Å²) in [5.74, 6) is 5.72. The van der Waals surface area contributed by atoms with E-state index in [0.29, 0.717) is 4.67 Å². The number of hydrazine groups is 1. The zero-order valence-electron chi connectivity index (χ0n) is 9.39. The van der Waals surface area contributed by atoms with Gasteiger partial charge in [0.25, 0.3) is 0 Å². The maximum Gasteiger partial charge on any atom is 0.174 e. The molecule has 1 aromatic carbocycles. The highest BCUT2D eigenvalue weighted by Gasteiger charge is 2.19. The van der Waals surface area contributed by atoms with Gasteiger partial charge in [0.1, 0.15) is 0 Å². The Morgan fingerprint density at radius 2 is 2.11 bits per heavy atom. The second-order valence-corrected chi connectivity index (χ2v) is 5.57. The van der Waals surface area contributed by atoms with Crippen molar-refractivity contribution < 1.29 is 4.42 Å². The molecule has 2 aromatic heterocycles. The molecular formula is C13H11BrN2OS. The summed E-state index contributed by atoms with van der Waals surface area (Å²) in [5, 5.41) is 3.32. The monoisotopic (exact) mass is 322 g/mol. The van der Waals surface area contributed by atoms with Crippen LogP contribution in [0, 0.1) is 0 Å². The molecule has 0 saturated heterocycles. The average molecular weight is 323 g/mol. The molecule has 5 heteroatoms. The number of thiophene rings is 1. The first-order valence-electron chi connectivity index (χ1n) is 5.46. The number of hydrogen-bond acceptors (Lipinski definition) is 4. The fraction of sp³-hybridized carbons (Fsp3) is 0.0769. The molecule has 0 bridgehead atoms. The predicted octanol–water partition coefficient (Wildman–Crippen LogP) is 3.81. The Bertz CT molecular complexity index is 676. The van der Waals surface area contributed by atoms with Crippen LogP contribution in [0.5, 0.6) is 0 Å². The number of fused-ring (bicyclic) bond motifs is 1. The summed E-state index contributed by atoms with van der Waals surface area (Å²) in [6, 6.07) is 10.2. The van der Waals surface area contributed by atoms with Crippen molar-refractivity contribution in [3.8, 4) is 0 Å². The lowest BCUT2D eigenvalue weighted by Gasteiger charge is -2.16. The number of nitrogens with two attached hydrogens (primary N) is 1. The van der Waals surface area contributed by atoms with E-state index in [9.17, 15) is 0 Å². The van der Waals surface area contributed by atoms with Crippen LogP contribution in [-0.2, 0) is 0 Å². The minimum atomic E-state index is -0.0829. The highest BCUT2D eigenvalue weighted by molar-refractivity contribution is 9.10. The van der Waals surface area contributed by atoms with Gasteiger partial charge in [-0.2, -0.15) is 0 Å². The fourth-order valence-corrected chi connectivity index (χ4v) is 3.51. The van der Waals surface area contributed by atoms with Crippen LogP contribution in [0.15, 0.2) is 51.1 Å². The zero-order valence-corrected chi connectivity index (χ0v) is 11.8. The van der Waals surface area contributed by atoms with Crippen molar-refractivity contribution in [2.75, 3.05) is 0 Å². The van der Waals surface area contributed by atoms with Gasteiger partial charge in [0.2, 0.25) is 0 Å². The maximum absolute atomic E-state index is 5.72. The molecule has 3 nitrogen and oxygen atoms in total. The van der Waals surface area contributed by atoms with Crippen molar-refractivity contribution in [3.63, 3.8) is 0 Å². The molecule has 0 aliphatic carbocycles. The molecule has 0 aliphatic heterocycles. The predicted molar refractivity (Wildman–Crippen MR) is 77.4 cm³/mol. The van der Waals surface area contributed by atoms with Gasteiger partial charge < -0.3 is 4.42 Å². The summed E-state index contributed by atoms with van der Waals surface area (Å²) in [6.45, 7) is 0. The van der Waals surface area contributed by atoms with Crippen molar-refractivity contribution in [1.82, 2.24) is 5.43 Å². The summed E-state index contributed by atoms with van der Waals surface area (Å²) < 4.78 is 7.24. The number of furan rings is 1. The van der Waals surface area contributed by atoms with E-state index in [1.54, 1.807) is 17.6 Å². The van der Waals surface area contributed by atoms with Gasteiger partial charge in [-0.25, -0.2) is 5.43 Å². The quantitative estimate of drug-likeness (QED) is 0.569. The first-order chi connectivity index (χ1) is 8.81. The minimum Gasteiger partial charge on any atom is -0.457 e. The van der Waals surface area contributed by atoms with E-state index < -0.39 is 0 Å². The Morgan fingerprint density at radius 3 is 2.83 bits per heavy atom. The van der Waals surface area contributed by atoms with Gasteiger partial charge in [-0.15, -0.1) is 11.3 Å². The smallest absolute Gasteiger partial charge is 0.174 e. The molecule has 18 heavy (non-hydrogen) atoms. The summed E-state index contributed by atoms with van der Waals surface area (Å²) in [5.41, 5.74) is 5.02. The van der Waals surface area contributed by atoms with Crippen LogP contribution in [0.2, 0.25) is 0 Å². The first-order valence-corrected chi connectivity index (χ1v) is 7.13. The van der Waals surface area contributed by atoms with Crippen molar-refractivity contribution in [2.24, 2.45) is 5.84 Å². The van der Waals surface area contributed by atoms with Gasteiger partial charge >= 0.3 is 0 Å². The summed E-state index contributed by atoms with van der Waals surface area (Å²) in [4.78, 5) is 0. The van der Waals surface area contributed by atoms with Gasteiger partial charge in [-0.1, -0.05) is 18.2 Å². The third kappa shape index (κ3) is 1.89. The van der Waals surface area contributed by atoms with Gasteiger partial charge in [0.15, 0.2) is 4.67 Å². The minimum absolute atomic E-state index is 0.0829. The van der Waals surface area contributed by atoms with Gasteiger partial charge in [0.05, 0.1) is 12.3 Å². The molecule has 92 valence electrons. The highest BCUT2D eigenvalue weighted by Crippen LogP contribution is 2.35. The van der Waals surface area contributed by atoms with Gasteiger partial charge in [-0.3, -0.25) is 5.84 Å². The molecule has 0 amide bonds. The lowest BCUT2D eigenvalue weighted by atomic mass is 10.0. The Kier molecular flexibility index (Phi) is 3.22. The second kappa shape index (κ2) is 4.85. The van der Waals surface area contributed by atoms with E-state index >= 15 is 0 Å². The van der Waals surface area contributed by atoms with Crippen LogP contribution in [0.4, 0.5) is 0 Å². The van der Waals surface area contributed by atoms with Gasteiger partial charge in [0, 0.05) is 10.3 Å². The van der Waals surface area contributed by atoms with E-state index in [4.69, 9.17) is 10.3 Å². The van der Waals surface area contributed by atoms with Crippen LogP contribution in [0.1, 0.15) is 17.2 Å². The number of hydrogen-bond donors (Lipinski definition) is 2. The molecule has 3 aromatic rings. The Morgan fingerprint density at radius 1 is 1.22 bits per heavy atom. The molecule has 1 unspecified atom stereocenters. The van der Waals surface area contributed by atoms with Crippen molar-refractivity contribution in [2.45, 2.75) is 6.04 Å². The molecule has 3 rings (SSSR count). The number of rotatable bonds is 3. The molecule has 3 N–H and O–H groups in total. The van der Waals surface area contributed by atoms with E-state index in [2.05, 4.69) is 44.9 Å². The third-order valence-electron chi connectivity index (χ3n) is 2.94. The Hall–Kier alpha value is -1.14. The second-order valence-electron chi connectivity index (χ2n) is 3.94. The first kappa shape index (κ1) is 11.9. The molecular weight excluding hydrogens is 312 g/mol. The van der Waals surface area contributed by atoms with Gasteiger partial charge in [-0.05, 0) is 44.4 Å². The lowest BCUT2D eigenvalue weighted by molar-refractivity contribution is 0.527. The highest BCUT2D eigenvalue weighted by atomic mass is 79.9. The molecule has 0 saturated carbocycles. The van der Waals surface area contributed by atoms with E-state index in [-0.39, 0.29) is 6.04 Å². The molecule has 2 heterocycles. The van der Waals surface area contributed by atoms with Crippen molar-refractivity contribution in [3.05, 3.63) is 57.8 Å². The zero-order chi connectivity index (χ0) is 12.5. The normalized spacial score (nSPS) is 13.0. The summed E-state index contributed by atoms with van der Waals surface area (Å²) in [6.07, 6.45) is 1.65. The fourth-order valence-electron chi connectivity index (χ4n) is 2.10. The largest absolute Gasteiger partial charge is 0.457 e. The SMILES string of the molecule is NNC(c1ccoc1Br)c1cccc2ccsc12. The van der Waals surface area contributed by atoms with Crippen LogP contribution >= 0.6 is 27.3 Å². The Labute approximate surface area is 117 Å². The topological polar surface area (TPSA) is 51.2 Å². The van der Waals surface area contributed by atoms with Crippen molar-refractivity contribution in [1.29, 1.82) is 0 Å². The third-order valence-corrected chi connectivity index (χ3v) is 4.57. The van der Waals surface area contributed by atoms with Crippen LogP contribution < -0.4 is 11.3 Å². The summed E-state index contributed by atoms with van der Waals surface area (Å²) >= 11 is 5.12. The number of benzene rings is 1. The maximum atomic E-state index is 5.72. The molecule has 1 atom stereocenters. The standard InChI is InChI=1S/C13H11BrN2OS/c14-13-10(4-6-17-13)11(16-15)9-3-1-2-8-5-7-18-12(8)9/h1-7,11,16H,15H2. The summed E-state index contributed by atoms with van der Waals surface area (Å²) in [7, 11) is 0. The van der Waals surface area contributed by atoms with E-state index in [0.717, 1.165) is 11.1 Å². The molecule has 0 spiro atoms. The lowest BCUT2D eigenvalue weighted by Crippen LogP contribution is -2.28. The van der Waals surface area contributed by atoms with Crippen LogP contribution in [0.3, 0.4) is 0 Å². The molecule has 0 radical (unpaired) electrons. The number of halogens is 1. The number of nitrogens with one attached hydrogen (secondary N) is 1. The van der Waals surface area contributed by atoms with Crippen LogP contribution in [0.25, 0.3) is 10.1 Å². The van der Waals surface area contributed by atoms with Crippen molar-refractivity contribution >= 4 is 37.4 Å². The molecule has 0 aliphatic rings.